The minimum Gasteiger partial charge on any atom is -0.291 e. The molecule has 1 aliphatic rings. The molecular weight excluding hydrogens is 308 g/mol. The molecule has 1 aromatic carbocycles. The number of piperazine rings is 1. The quantitative estimate of drug-likeness (QED) is 0.287. The highest BCUT2D eigenvalue weighted by atomic mass is 16.6. The van der Waals surface area contributed by atoms with E-state index in [4.69, 9.17) is 5.21 Å². The first kappa shape index (κ1) is 16.5. The number of nitrogens with one attached hydrogen (secondary N) is 2. The second-order valence-corrected chi connectivity index (χ2v) is 5.10. The Labute approximate surface area is 130 Å². The van der Waals surface area contributed by atoms with Crippen LogP contribution in [0.4, 0.5) is 5.69 Å². The molecule has 122 valence electrons. The van der Waals surface area contributed by atoms with Gasteiger partial charge in [-0.15, -0.1) is 0 Å². The minimum atomic E-state index is -1.32. The molecule has 1 unspecified atom stereocenters. The summed E-state index contributed by atoms with van der Waals surface area (Å²) in [5.74, 6) is -2.20. The number of imide groups is 1. The second kappa shape index (κ2) is 6.10. The number of nitro benzene ring substituents is 1. The Morgan fingerprint density at radius 1 is 1.43 bits per heavy atom. The van der Waals surface area contributed by atoms with Gasteiger partial charge in [-0.25, -0.2) is 5.48 Å². The maximum Gasteiger partial charge on any atom is 0.269 e. The van der Waals surface area contributed by atoms with Gasteiger partial charge in [0.1, 0.15) is 12.1 Å². The van der Waals surface area contributed by atoms with E-state index in [2.05, 4.69) is 5.32 Å². The molecule has 1 fully saturated rings. The van der Waals surface area contributed by atoms with Gasteiger partial charge in [0.2, 0.25) is 5.91 Å². The van der Waals surface area contributed by atoms with Crippen molar-refractivity contribution in [3.05, 3.63) is 39.9 Å². The van der Waals surface area contributed by atoms with Crippen molar-refractivity contribution in [1.82, 2.24) is 15.7 Å². The topological polar surface area (TPSA) is 142 Å². The molecule has 1 aromatic rings. The van der Waals surface area contributed by atoms with E-state index in [0.717, 1.165) is 4.90 Å². The number of hydrogen-bond donors (Lipinski definition) is 3. The van der Waals surface area contributed by atoms with Crippen molar-refractivity contribution in [2.24, 2.45) is 0 Å². The lowest BCUT2D eigenvalue weighted by Gasteiger charge is -2.38. The summed E-state index contributed by atoms with van der Waals surface area (Å²) in [5.41, 5.74) is 0.320. The summed E-state index contributed by atoms with van der Waals surface area (Å²) in [5, 5.41) is 22.0. The molecule has 3 N–H and O–H groups in total. The van der Waals surface area contributed by atoms with Crippen molar-refractivity contribution in [3.8, 4) is 0 Å². The third-order valence-corrected chi connectivity index (χ3v) is 3.65. The zero-order chi connectivity index (χ0) is 17.2. The second-order valence-electron chi connectivity index (χ2n) is 5.10. The summed E-state index contributed by atoms with van der Waals surface area (Å²) in [6, 6.07) is 5.31. The Hall–Kier alpha value is -2.85. The van der Waals surface area contributed by atoms with Crippen LogP contribution in [0, 0.1) is 10.1 Å². The molecule has 10 nitrogen and oxygen atoms in total. The molecule has 0 spiro atoms. The fraction of sp³-hybridized carbons (Fsp3) is 0.308. The predicted octanol–water partition coefficient (Wildman–Crippen LogP) is -0.726. The highest BCUT2D eigenvalue weighted by molar-refractivity contribution is 6.05. The van der Waals surface area contributed by atoms with Crippen LogP contribution in [-0.4, -0.2) is 45.8 Å². The molecule has 0 bridgehead atoms. The molecule has 0 aliphatic carbocycles. The number of benzene rings is 1. The van der Waals surface area contributed by atoms with E-state index < -0.39 is 34.7 Å². The van der Waals surface area contributed by atoms with Crippen LogP contribution in [0.5, 0.6) is 0 Å². The average Bonchev–Trinajstić information content (AvgIpc) is 2.55. The van der Waals surface area contributed by atoms with Gasteiger partial charge in [-0.3, -0.25) is 39.9 Å². The average molecular weight is 322 g/mol. The zero-order valence-corrected chi connectivity index (χ0v) is 12.1. The Kier molecular flexibility index (Phi) is 4.38. The molecule has 3 amide bonds. The molecule has 1 atom stereocenters. The van der Waals surface area contributed by atoms with Crippen molar-refractivity contribution in [2.75, 3.05) is 13.1 Å². The molecule has 10 heteroatoms. The fourth-order valence-corrected chi connectivity index (χ4v) is 2.29. The normalized spacial score (nSPS) is 21.2. The molecule has 1 saturated heterocycles. The van der Waals surface area contributed by atoms with E-state index in [1.807, 2.05) is 0 Å². The molecule has 0 aromatic heterocycles. The van der Waals surface area contributed by atoms with Crippen LogP contribution in [0.3, 0.4) is 0 Å². The first-order valence-corrected chi connectivity index (χ1v) is 6.57. The van der Waals surface area contributed by atoms with Crippen LogP contribution in [0.15, 0.2) is 24.3 Å². The highest BCUT2D eigenvalue weighted by Gasteiger charge is 2.45. The number of non-ortho nitro benzene ring substituents is 1. The van der Waals surface area contributed by atoms with E-state index >= 15 is 0 Å². The van der Waals surface area contributed by atoms with Crippen LogP contribution < -0.4 is 10.8 Å². The van der Waals surface area contributed by atoms with E-state index in [9.17, 15) is 24.5 Å². The maximum atomic E-state index is 12.6. The van der Waals surface area contributed by atoms with E-state index in [-0.39, 0.29) is 12.2 Å². The lowest BCUT2D eigenvalue weighted by Crippen LogP contribution is -2.64. The number of hydroxylamine groups is 1. The first-order valence-electron chi connectivity index (χ1n) is 6.57. The monoisotopic (exact) mass is 322 g/mol. The zero-order valence-electron chi connectivity index (χ0n) is 12.1. The Morgan fingerprint density at radius 2 is 2.04 bits per heavy atom. The standard InChI is InChI=1S/C13H14N4O6/c1-13(8-2-4-9(5-3-8)17(22)23)12(20)16(7-10(18)15-21)11(19)6-14-13/h2-5,14,21H,6-7H2,1H3,(H,15,18). The van der Waals surface area contributed by atoms with E-state index in [1.165, 1.54) is 36.7 Å². The molecule has 1 aliphatic heterocycles. The Morgan fingerprint density at radius 3 is 2.57 bits per heavy atom. The van der Waals surface area contributed by atoms with E-state index in [0.29, 0.717) is 5.56 Å². The lowest BCUT2D eigenvalue weighted by atomic mass is 9.88. The summed E-state index contributed by atoms with van der Waals surface area (Å²) in [7, 11) is 0. The highest BCUT2D eigenvalue weighted by Crippen LogP contribution is 2.27. The van der Waals surface area contributed by atoms with Gasteiger partial charge in [-0.05, 0) is 24.6 Å². The molecule has 0 radical (unpaired) electrons. The van der Waals surface area contributed by atoms with Gasteiger partial charge in [0.15, 0.2) is 0 Å². The van der Waals surface area contributed by atoms with Gasteiger partial charge in [-0.2, -0.15) is 0 Å². The largest absolute Gasteiger partial charge is 0.291 e. The van der Waals surface area contributed by atoms with Gasteiger partial charge in [0.05, 0.1) is 11.5 Å². The fourth-order valence-electron chi connectivity index (χ4n) is 2.29. The number of nitrogens with zero attached hydrogens (tertiary/aromatic N) is 2. The molecule has 1 heterocycles. The number of nitro groups is 1. The lowest BCUT2D eigenvalue weighted by molar-refractivity contribution is -0.384. The van der Waals surface area contributed by atoms with Crippen LogP contribution >= 0.6 is 0 Å². The maximum absolute atomic E-state index is 12.6. The number of hydrogen-bond acceptors (Lipinski definition) is 7. The summed E-state index contributed by atoms with van der Waals surface area (Å²) in [6.07, 6.45) is 0. The van der Waals surface area contributed by atoms with Gasteiger partial charge in [0.25, 0.3) is 17.5 Å². The minimum absolute atomic E-state index is 0.131. The molecule has 23 heavy (non-hydrogen) atoms. The number of carbonyl (C=O) groups is 3. The van der Waals surface area contributed by atoms with Crippen LogP contribution in [0.2, 0.25) is 0 Å². The summed E-state index contributed by atoms with van der Waals surface area (Å²) < 4.78 is 0. The van der Waals surface area contributed by atoms with Crippen molar-refractivity contribution >= 4 is 23.4 Å². The third-order valence-electron chi connectivity index (χ3n) is 3.65. The summed E-state index contributed by atoms with van der Waals surface area (Å²) >= 11 is 0. The number of amides is 3. The Balaban J connectivity index is 2.32. The first-order chi connectivity index (χ1) is 10.8. The van der Waals surface area contributed by atoms with Gasteiger partial charge < -0.3 is 0 Å². The molecule has 0 saturated carbocycles. The number of carbonyl (C=O) groups excluding carboxylic acids is 3. The third kappa shape index (κ3) is 3.03. The molecular formula is C13H14N4O6. The smallest absolute Gasteiger partial charge is 0.269 e. The van der Waals surface area contributed by atoms with Crippen molar-refractivity contribution in [2.45, 2.75) is 12.5 Å². The van der Waals surface area contributed by atoms with Crippen molar-refractivity contribution in [3.63, 3.8) is 0 Å². The van der Waals surface area contributed by atoms with E-state index in [1.54, 1.807) is 0 Å². The van der Waals surface area contributed by atoms with Gasteiger partial charge in [-0.1, -0.05) is 0 Å². The Bertz CT molecular complexity index is 674. The van der Waals surface area contributed by atoms with Crippen LogP contribution in [0.25, 0.3) is 0 Å². The SMILES string of the molecule is CC1(c2ccc([N+](=O)[O-])cc2)NCC(=O)N(CC(=O)NO)C1=O. The van der Waals surface area contributed by atoms with Crippen molar-refractivity contribution in [1.29, 1.82) is 0 Å². The number of rotatable bonds is 4. The predicted molar refractivity (Wildman–Crippen MR) is 75.1 cm³/mol. The summed E-state index contributed by atoms with van der Waals surface area (Å²) in [4.78, 5) is 46.5. The van der Waals surface area contributed by atoms with Gasteiger partial charge in [0, 0.05) is 12.1 Å². The van der Waals surface area contributed by atoms with Gasteiger partial charge >= 0.3 is 0 Å². The molecule has 2 rings (SSSR count). The van der Waals surface area contributed by atoms with Crippen LogP contribution in [0.1, 0.15) is 12.5 Å². The van der Waals surface area contributed by atoms with Crippen molar-refractivity contribution < 1.29 is 24.5 Å². The summed E-state index contributed by atoms with van der Waals surface area (Å²) in [6.45, 7) is 0.698. The van der Waals surface area contributed by atoms with Crippen LogP contribution in [-0.2, 0) is 19.9 Å².